The fourth-order valence-electron chi connectivity index (χ4n) is 2.73. The van der Waals surface area contributed by atoms with Gasteiger partial charge in [-0.1, -0.05) is 56.3 Å². The van der Waals surface area contributed by atoms with Crippen LogP contribution in [0.5, 0.6) is 0 Å². The van der Waals surface area contributed by atoms with Crippen LogP contribution >= 0.6 is 0 Å². The van der Waals surface area contributed by atoms with Gasteiger partial charge in [0.15, 0.2) is 5.60 Å². The van der Waals surface area contributed by atoms with E-state index in [4.69, 9.17) is 5.11 Å². The summed E-state index contributed by atoms with van der Waals surface area (Å²) in [6.45, 7) is 5.54. The number of aliphatic hydroxyl groups is 1. The van der Waals surface area contributed by atoms with Gasteiger partial charge in [0, 0.05) is 0 Å². The van der Waals surface area contributed by atoms with Crippen LogP contribution in [0.1, 0.15) is 31.9 Å². The number of nitrogens with one attached hydrogen (secondary N) is 1. The Kier molecular flexibility index (Phi) is 5.59. The molecular formula is C20H23NO4. The summed E-state index contributed by atoms with van der Waals surface area (Å²) < 4.78 is 0. The maximum atomic E-state index is 12.0. The van der Waals surface area contributed by atoms with Crippen molar-refractivity contribution in [3.8, 4) is 11.1 Å². The molecular weight excluding hydrogens is 318 g/mol. The lowest BCUT2D eigenvalue weighted by atomic mass is 9.87. The molecule has 0 aliphatic heterocycles. The van der Waals surface area contributed by atoms with Gasteiger partial charge in [-0.25, -0.2) is 4.79 Å². The minimum absolute atomic E-state index is 0.345. The van der Waals surface area contributed by atoms with E-state index in [1.165, 1.54) is 6.92 Å². The zero-order valence-corrected chi connectivity index (χ0v) is 14.6. The zero-order chi connectivity index (χ0) is 18.6. The molecule has 2 aromatic carbocycles. The fraction of sp³-hybridized carbons (Fsp3) is 0.300. The van der Waals surface area contributed by atoms with Crippen molar-refractivity contribution >= 4 is 12.0 Å². The second kappa shape index (κ2) is 7.49. The summed E-state index contributed by atoms with van der Waals surface area (Å²) in [6, 6.07) is 15.0. The standard InChI is InChI=1S/C20H23NO4/c1-13(2)11-15-9-10-16(20(3,25)18(22)21-19(23)24)12-17(15)14-7-5-4-6-8-14/h4-10,12-13,25H,11H2,1-3H3,(H,21,22)(H,23,24). The molecule has 5 nitrogen and oxygen atoms in total. The van der Waals surface area contributed by atoms with Gasteiger partial charge >= 0.3 is 6.09 Å². The van der Waals surface area contributed by atoms with E-state index in [2.05, 4.69) is 13.8 Å². The molecule has 0 aliphatic rings. The molecule has 3 N–H and O–H groups in total. The van der Waals surface area contributed by atoms with Crippen LogP contribution in [0.15, 0.2) is 48.5 Å². The molecule has 0 spiro atoms. The number of imide groups is 1. The Balaban J connectivity index is 2.51. The molecule has 0 fully saturated rings. The maximum Gasteiger partial charge on any atom is 0.411 e. The van der Waals surface area contributed by atoms with E-state index >= 15 is 0 Å². The molecule has 0 saturated carbocycles. The van der Waals surface area contributed by atoms with Crippen molar-refractivity contribution in [1.29, 1.82) is 0 Å². The largest absolute Gasteiger partial charge is 0.465 e. The van der Waals surface area contributed by atoms with Crippen molar-refractivity contribution in [2.24, 2.45) is 5.92 Å². The zero-order valence-electron chi connectivity index (χ0n) is 14.6. The predicted octanol–water partition coefficient (Wildman–Crippen LogP) is 3.55. The second-order valence-corrected chi connectivity index (χ2v) is 6.67. The van der Waals surface area contributed by atoms with E-state index in [1.54, 1.807) is 17.4 Å². The third kappa shape index (κ3) is 4.45. The molecule has 2 rings (SSSR count). The number of carboxylic acid groups (broad SMARTS) is 1. The van der Waals surface area contributed by atoms with E-state index < -0.39 is 17.6 Å². The molecule has 1 unspecified atom stereocenters. The Morgan fingerprint density at radius 3 is 2.32 bits per heavy atom. The van der Waals surface area contributed by atoms with Crippen molar-refractivity contribution in [3.05, 3.63) is 59.7 Å². The van der Waals surface area contributed by atoms with E-state index in [0.717, 1.165) is 23.1 Å². The maximum absolute atomic E-state index is 12.0. The van der Waals surface area contributed by atoms with Gasteiger partial charge in [-0.2, -0.15) is 0 Å². The Morgan fingerprint density at radius 1 is 1.12 bits per heavy atom. The third-order valence-corrected chi connectivity index (χ3v) is 4.05. The molecule has 132 valence electrons. The molecule has 2 aromatic rings. The Labute approximate surface area is 147 Å². The molecule has 2 amide bonds. The predicted molar refractivity (Wildman–Crippen MR) is 96.2 cm³/mol. The molecule has 1 atom stereocenters. The van der Waals surface area contributed by atoms with Gasteiger partial charge in [-0.05, 0) is 47.6 Å². The van der Waals surface area contributed by atoms with E-state index in [9.17, 15) is 14.7 Å². The van der Waals surface area contributed by atoms with Crippen LogP contribution in [0.25, 0.3) is 11.1 Å². The third-order valence-electron chi connectivity index (χ3n) is 4.05. The average molecular weight is 341 g/mol. The van der Waals surface area contributed by atoms with Crippen molar-refractivity contribution in [2.45, 2.75) is 32.8 Å². The van der Waals surface area contributed by atoms with Gasteiger partial charge in [0.25, 0.3) is 5.91 Å². The number of hydrogen-bond acceptors (Lipinski definition) is 3. The normalized spacial score (nSPS) is 13.3. The van der Waals surface area contributed by atoms with Crippen LogP contribution in [-0.2, 0) is 16.8 Å². The highest BCUT2D eigenvalue weighted by molar-refractivity contribution is 5.96. The number of benzene rings is 2. The molecule has 0 heterocycles. The number of carbonyl (C=O) groups excluding carboxylic acids is 1. The average Bonchev–Trinajstić information content (AvgIpc) is 2.54. The molecule has 0 aromatic heterocycles. The van der Waals surface area contributed by atoms with Crippen LogP contribution in [0.2, 0.25) is 0 Å². The van der Waals surface area contributed by atoms with Crippen molar-refractivity contribution in [1.82, 2.24) is 5.32 Å². The number of rotatable bonds is 5. The Hall–Kier alpha value is -2.66. The highest BCUT2D eigenvalue weighted by Crippen LogP contribution is 2.31. The Bertz CT molecular complexity index is 767. The number of amides is 2. The number of carbonyl (C=O) groups is 2. The summed E-state index contributed by atoms with van der Waals surface area (Å²) >= 11 is 0. The lowest BCUT2D eigenvalue weighted by Crippen LogP contribution is -2.44. The highest BCUT2D eigenvalue weighted by atomic mass is 16.4. The fourth-order valence-corrected chi connectivity index (χ4v) is 2.73. The van der Waals surface area contributed by atoms with Gasteiger partial charge in [0.1, 0.15) is 0 Å². The quantitative estimate of drug-likeness (QED) is 0.776. The second-order valence-electron chi connectivity index (χ2n) is 6.67. The molecule has 0 saturated heterocycles. The van der Waals surface area contributed by atoms with Gasteiger partial charge in [-0.15, -0.1) is 0 Å². The molecule has 0 radical (unpaired) electrons. The van der Waals surface area contributed by atoms with Crippen LogP contribution in [0, 0.1) is 5.92 Å². The van der Waals surface area contributed by atoms with Gasteiger partial charge < -0.3 is 10.2 Å². The molecule has 25 heavy (non-hydrogen) atoms. The monoisotopic (exact) mass is 341 g/mol. The van der Waals surface area contributed by atoms with E-state index in [0.29, 0.717) is 11.5 Å². The first-order valence-electron chi connectivity index (χ1n) is 8.17. The van der Waals surface area contributed by atoms with Gasteiger partial charge in [-0.3, -0.25) is 10.1 Å². The summed E-state index contributed by atoms with van der Waals surface area (Å²) in [7, 11) is 0. The van der Waals surface area contributed by atoms with E-state index in [-0.39, 0.29) is 0 Å². The Morgan fingerprint density at radius 2 is 1.76 bits per heavy atom. The van der Waals surface area contributed by atoms with Crippen LogP contribution in [0.4, 0.5) is 4.79 Å². The lowest BCUT2D eigenvalue weighted by Gasteiger charge is -2.23. The summed E-state index contributed by atoms with van der Waals surface area (Å²) in [6.07, 6.45) is -0.640. The molecule has 0 bridgehead atoms. The minimum Gasteiger partial charge on any atom is -0.465 e. The number of hydrogen-bond donors (Lipinski definition) is 3. The van der Waals surface area contributed by atoms with Crippen molar-refractivity contribution < 1.29 is 19.8 Å². The van der Waals surface area contributed by atoms with Crippen LogP contribution < -0.4 is 5.32 Å². The lowest BCUT2D eigenvalue weighted by molar-refractivity contribution is -0.138. The molecule has 5 heteroatoms. The minimum atomic E-state index is -1.95. The van der Waals surface area contributed by atoms with Gasteiger partial charge in [0.05, 0.1) is 0 Å². The van der Waals surface area contributed by atoms with Crippen molar-refractivity contribution in [3.63, 3.8) is 0 Å². The molecule has 0 aliphatic carbocycles. The first-order valence-corrected chi connectivity index (χ1v) is 8.17. The highest BCUT2D eigenvalue weighted by Gasteiger charge is 2.34. The van der Waals surface area contributed by atoms with E-state index in [1.807, 2.05) is 36.4 Å². The summed E-state index contributed by atoms with van der Waals surface area (Å²) in [5.74, 6) is -0.528. The SMILES string of the molecule is CC(C)Cc1ccc(C(C)(O)C(=O)NC(=O)O)cc1-c1ccccc1. The smallest absolute Gasteiger partial charge is 0.411 e. The first-order chi connectivity index (χ1) is 11.7. The first kappa shape index (κ1) is 18.7. The van der Waals surface area contributed by atoms with Gasteiger partial charge in [0.2, 0.25) is 0 Å². The van der Waals surface area contributed by atoms with Crippen LogP contribution in [-0.4, -0.2) is 22.2 Å². The van der Waals surface area contributed by atoms with Crippen molar-refractivity contribution in [2.75, 3.05) is 0 Å². The van der Waals surface area contributed by atoms with Crippen LogP contribution in [0.3, 0.4) is 0 Å². The summed E-state index contributed by atoms with van der Waals surface area (Å²) in [5, 5.41) is 21.0. The summed E-state index contributed by atoms with van der Waals surface area (Å²) in [5.41, 5.74) is 1.42. The topological polar surface area (TPSA) is 86.6 Å². The summed E-state index contributed by atoms with van der Waals surface area (Å²) in [4.78, 5) is 22.8.